The second-order valence-corrected chi connectivity index (χ2v) is 19.7. The molecular weight excluding hydrogens is 909 g/mol. The van der Waals surface area contributed by atoms with Gasteiger partial charge in [0.25, 0.3) is 0 Å². The zero-order valence-electron chi connectivity index (χ0n) is 44.2. The number of unbranched alkanes of at least 4 members (excludes halogenated alkanes) is 23. The topological polar surface area (TPSA) is 214 Å². The van der Waals surface area contributed by atoms with E-state index in [4.69, 9.17) is 28.4 Å². The average molecular weight is 1010 g/mol. The Morgan fingerprint density at radius 3 is 1.44 bits per heavy atom. The Balaban J connectivity index is 1.74. The summed E-state index contributed by atoms with van der Waals surface area (Å²) in [7, 11) is 0. The number of carbonyl (C=O) groups excluding carboxylic acids is 1. The third-order valence-corrected chi connectivity index (χ3v) is 13.4. The van der Waals surface area contributed by atoms with E-state index in [1.807, 2.05) is 0 Å². The molecule has 2 rings (SSSR count). The second-order valence-electron chi connectivity index (χ2n) is 19.7. The minimum absolute atomic E-state index is 0.0572. The fourth-order valence-corrected chi connectivity index (χ4v) is 8.81. The molecule has 14 heteroatoms. The van der Waals surface area contributed by atoms with Crippen LogP contribution in [0.15, 0.2) is 48.6 Å². The van der Waals surface area contributed by atoms with Crippen molar-refractivity contribution in [1.29, 1.82) is 0 Å². The minimum Gasteiger partial charge on any atom is -0.457 e. The fraction of sp³-hybridized carbons (Fsp3) is 0.842. The lowest BCUT2D eigenvalue weighted by molar-refractivity contribution is -0.332. The van der Waals surface area contributed by atoms with Crippen LogP contribution >= 0.6 is 0 Å². The summed E-state index contributed by atoms with van der Waals surface area (Å²) in [6.45, 7) is 3.58. The zero-order chi connectivity index (χ0) is 51.6. The molecule has 0 radical (unpaired) electrons. The highest BCUT2D eigenvalue weighted by Gasteiger charge is 2.47. The van der Waals surface area contributed by atoms with E-state index in [1.165, 1.54) is 96.3 Å². The van der Waals surface area contributed by atoms with Crippen molar-refractivity contribution in [3.05, 3.63) is 48.6 Å². The van der Waals surface area contributed by atoms with Crippen LogP contribution in [0.2, 0.25) is 0 Å². The normalized spacial score (nSPS) is 25.6. The third-order valence-electron chi connectivity index (χ3n) is 13.4. The maximum Gasteiger partial charge on any atom is 0.306 e. The number of hydrogen-bond donors (Lipinski definition) is 7. The number of carbonyl (C=O) groups is 1. The molecule has 2 saturated heterocycles. The predicted molar refractivity (Wildman–Crippen MR) is 279 cm³/mol. The van der Waals surface area contributed by atoms with E-state index in [0.29, 0.717) is 13.0 Å². The molecule has 0 aromatic heterocycles. The van der Waals surface area contributed by atoms with Gasteiger partial charge in [0.1, 0.15) is 54.9 Å². The highest BCUT2D eigenvalue weighted by Crippen LogP contribution is 2.26. The number of hydrogen-bond acceptors (Lipinski definition) is 14. The summed E-state index contributed by atoms with van der Waals surface area (Å²) >= 11 is 0. The molecule has 7 N–H and O–H groups in total. The molecule has 14 nitrogen and oxygen atoms in total. The lowest BCUT2D eigenvalue weighted by Crippen LogP contribution is -2.61. The van der Waals surface area contributed by atoms with Crippen LogP contribution in [0.5, 0.6) is 0 Å². The fourth-order valence-electron chi connectivity index (χ4n) is 8.81. The summed E-state index contributed by atoms with van der Waals surface area (Å²) in [5.74, 6) is -0.388. The van der Waals surface area contributed by atoms with Crippen LogP contribution in [0.1, 0.15) is 206 Å². The summed E-state index contributed by atoms with van der Waals surface area (Å²) in [6.07, 6.45) is 35.9. The SMILES string of the molecule is CC/C=C\C/C=C\C/C=C\C/C=C\CCCCCCCCC(=O)OC(COCCCCCCCCCCCCCCCCCCCC)COC1OC(COC2OC(CO)C(O)C(O)C2O)C(O)C(O)C1O. The number of allylic oxidation sites excluding steroid dienone is 8. The third kappa shape index (κ3) is 31.4. The van der Waals surface area contributed by atoms with Gasteiger partial charge in [-0.15, -0.1) is 0 Å². The zero-order valence-corrected chi connectivity index (χ0v) is 44.2. The molecule has 2 aliphatic heterocycles. The van der Waals surface area contributed by atoms with Gasteiger partial charge in [0.05, 0.1) is 26.4 Å². The van der Waals surface area contributed by atoms with E-state index in [1.54, 1.807) is 0 Å². The van der Waals surface area contributed by atoms with E-state index in [9.17, 15) is 40.5 Å². The molecule has 414 valence electrons. The van der Waals surface area contributed by atoms with Crippen molar-refractivity contribution in [3.63, 3.8) is 0 Å². The van der Waals surface area contributed by atoms with Gasteiger partial charge >= 0.3 is 5.97 Å². The Kier molecular flexibility index (Phi) is 40.6. The standard InChI is InChI=1S/C57H102O14/c1-3-5-7-9-11-13-15-17-19-21-23-24-26-28-30-32-34-36-38-40-49(59)69-46(43-66-41-39-37-35-33-31-29-27-25-22-20-18-16-14-12-10-8-6-4-2)44-67-56-55(65)53(63)51(61)48(71-56)45-68-57-54(64)52(62)50(60)47(42-58)70-57/h5,7,11,13,17,19,23-24,46-48,50-58,60-65H,3-4,6,8-10,12,14-16,18,20-22,25-45H2,1-2H3/b7-5-,13-11-,19-17-,24-23-. The van der Waals surface area contributed by atoms with Gasteiger partial charge in [0.15, 0.2) is 12.6 Å². The lowest BCUT2D eigenvalue weighted by atomic mass is 9.98. The maximum atomic E-state index is 13.1. The van der Waals surface area contributed by atoms with Crippen molar-refractivity contribution in [3.8, 4) is 0 Å². The van der Waals surface area contributed by atoms with Gasteiger partial charge < -0.3 is 64.2 Å². The molecule has 0 saturated carbocycles. The molecule has 0 spiro atoms. The number of aliphatic hydroxyl groups is 7. The predicted octanol–water partition coefficient (Wildman–Crippen LogP) is 9.52. The van der Waals surface area contributed by atoms with Crippen molar-refractivity contribution in [2.75, 3.05) is 33.0 Å². The van der Waals surface area contributed by atoms with E-state index >= 15 is 0 Å². The van der Waals surface area contributed by atoms with Gasteiger partial charge in [-0.25, -0.2) is 0 Å². The molecule has 11 unspecified atom stereocenters. The Hall–Kier alpha value is -2.05. The molecule has 0 amide bonds. The van der Waals surface area contributed by atoms with E-state index in [2.05, 4.69) is 62.5 Å². The Morgan fingerprint density at radius 2 is 0.915 bits per heavy atom. The Morgan fingerprint density at radius 1 is 0.479 bits per heavy atom. The molecule has 2 fully saturated rings. The van der Waals surface area contributed by atoms with Crippen molar-refractivity contribution >= 4 is 5.97 Å². The van der Waals surface area contributed by atoms with Crippen molar-refractivity contribution in [2.45, 2.75) is 274 Å². The van der Waals surface area contributed by atoms with Crippen LogP contribution in [0.25, 0.3) is 0 Å². The molecule has 71 heavy (non-hydrogen) atoms. The van der Waals surface area contributed by atoms with Gasteiger partial charge in [-0.05, 0) is 51.4 Å². The summed E-state index contributed by atoms with van der Waals surface area (Å²) in [4.78, 5) is 13.1. The largest absolute Gasteiger partial charge is 0.457 e. The van der Waals surface area contributed by atoms with Crippen LogP contribution in [-0.4, -0.2) is 142 Å². The van der Waals surface area contributed by atoms with Gasteiger partial charge in [-0.2, -0.15) is 0 Å². The van der Waals surface area contributed by atoms with Gasteiger partial charge in [0, 0.05) is 13.0 Å². The number of esters is 1. The first-order valence-corrected chi connectivity index (χ1v) is 28.2. The highest BCUT2D eigenvalue weighted by molar-refractivity contribution is 5.69. The molecule has 11 atom stereocenters. The molecule has 0 bridgehead atoms. The van der Waals surface area contributed by atoms with Gasteiger partial charge in [-0.3, -0.25) is 4.79 Å². The molecule has 0 aliphatic carbocycles. The van der Waals surface area contributed by atoms with Crippen molar-refractivity contribution in [1.82, 2.24) is 0 Å². The lowest BCUT2D eigenvalue weighted by Gasteiger charge is -2.42. The smallest absolute Gasteiger partial charge is 0.306 e. The van der Waals surface area contributed by atoms with Crippen LogP contribution in [0, 0.1) is 0 Å². The average Bonchev–Trinajstić information content (AvgIpc) is 3.37. The first-order valence-electron chi connectivity index (χ1n) is 28.2. The van der Waals surface area contributed by atoms with Crippen molar-refractivity contribution < 1.29 is 69.0 Å². The molecule has 2 aliphatic rings. The second kappa shape index (κ2) is 44.3. The summed E-state index contributed by atoms with van der Waals surface area (Å²) in [5, 5.41) is 72.3. The van der Waals surface area contributed by atoms with E-state index in [-0.39, 0.29) is 25.6 Å². The number of rotatable bonds is 45. The summed E-state index contributed by atoms with van der Waals surface area (Å²) in [5.41, 5.74) is 0. The summed E-state index contributed by atoms with van der Waals surface area (Å²) in [6, 6.07) is 0. The quantitative estimate of drug-likeness (QED) is 0.0172. The van der Waals surface area contributed by atoms with Crippen LogP contribution < -0.4 is 0 Å². The number of ether oxygens (including phenoxy) is 6. The highest BCUT2D eigenvalue weighted by atomic mass is 16.7. The summed E-state index contributed by atoms with van der Waals surface area (Å²) < 4.78 is 34.4. The Labute approximate surface area is 429 Å². The molecule has 2 heterocycles. The first-order chi connectivity index (χ1) is 34.6. The van der Waals surface area contributed by atoms with Crippen molar-refractivity contribution in [2.24, 2.45) is 0 Å². The van der Waals surface area contributed by atoms with Crippen LogP contribution in [0.4, 0.5) is 0 Å². The first kappa shape index (κ1) is 65.1. The van der Waals surface area contributed by atoms with E-state index < -0.39 is 80.7 Å². The monoisotopic (exact) mass is 1010 g/mol. The maximum absolute atomic E-state index is 13.1. The molecular formula is C57H102O14. The van der Waals surface area contributed by atoms with Gasteiger partial charge in [-0.1, -0.05) is 197 Å². The van der Waals surface area contributed by atoms with Crippen LogP contribution in [0.3, 0.4) is 0 Å². The number of aliphatic hydroxyl groups excluding tert-OH is 7. The molecule has 0 aromatic carbocycles. The Bertz CT molecular complexity index is 1360. The molecule has 0 aromatic rings. The van der Waals surface area contributed by atoms with E-state index in [0.717, 1.165) is 83.5 Å². The van der Waals surface area contributed by atoms with Crippen LogP contribution in [-0.2, 0) is 33.2 Å². The minimum atomic E-state index is -1.71. The van der Waals surface area contributed by atoms with Gasteiger partial charge in [0.2, 0.25) is 0 Å².